The number of rotatable bonds is 5. The van der Waals surface area contributed by atoms with Crippen molar-refractivity contribution in [3.8, 4) is 0 Å². The summed E-state index contributed by atoms with van der Waals surface area (Å²) in [6, 6.07) is 8.21. The number of nitrogens with one attached hydrogen (secondary N) is 2. The number of benzene rings is 2. The van der Waals surface area contributed by atoms with Gasteiger partial charge < -0.3 is 0 Å². The summed E-state index contributed by atoms with van der Waals surface area (Å²) in [5.41, 5.74) is -2.77. The van der Waals surface area contributed by atoms with Crippen molar-refractivity contribution in [1.82, 2.24) is 5.43 Å². The second-order valence-electron chi connectivity index (χ2n) is 5.86. The van der Waals surface area contributed by atoms with E-state index in [-0.39, 0.29) is 27.5 Å². The SMILES string of the molecule is C/C(=N\NC(=O)c1ccc(Cl)cc1Cl)c1cc(C)ccc1NS(=O)(=O)C(F)(F)F. The quantitative estimate of drug-likeness (QED) is 0.492. The molecule has 2 aromatic rings. The van der Waals surface area contributed by atoms with Crippen LogP contribution in [0.15, 0.2) is 41.5 Å². The molecule has 2 rings (SSSR count). The lowest BCUT2D eigenvalue weighted by atomic mass is 10.1. The maximum Gasteiger partial charge on any atom is 0.516 e. The van der Waals surface area contributed by atoms with Crippen LogP contribution in [0, 0.1) is 6.92 Å². The number of hydrogen-bond acceptors (Lipinski definition) is 4. The minimum atomic E-state index is -5.63. The van der Waals surface area contributed by atoms with Crippen molar-refractivity contribution in [3.63, 3.8) is 0 Å². The van der Waals surface area contributed by atoms with Crippen molar-refractivity contribution in [2.24, 2.45) is 5.10 Å². The van der Waals surface area contributed by atoms with Gasteiger partial charge in [-0.1, -0.05) is 34.8 Å². The molecule has 0 aliphatic carbocycles. The number of amides is 1. The van der Waals surface area contributed by atoms with E-state index in [0.717, 1.165) is 0 Å². The summed E-state index contributed by atoms with van der Waals surface area (Å²) in [5.74, 6) is -0.684. The Morgan fingerprint density at radius 1 is 1.07 bits per heavy atom. The summed E-state index contributed by atoms with van der Waals surface area (Å²) in [6.07, 6.45) is 0. The monoisotopic (exact) mass is 467 g/mol. The minimum Gasteiger partial charge on any atom is -0.275 e. The predicted molar refractivity (Wildman–Crippen MR) is 106 cm³/mol. The first-order chi connectivity index (χ1) is 13.3. The lowest BCUT2D eigenvalue weighted by Gasteiger charge is -2.15. The number of nitrogens with zero attached hydrogens (tertiary/aromatic N) is 1. The molecular formula is C17H14Cl2F3N3O3S. The number of carbonyl (C=O) groups is 1. The molecule has 0 heterocycles. The Bertz CT molecular complexity index is 1090. The Morgan fingerprint density at radius 3 is 2.31 bits per heavy atom. The van der Waals surface area contributed by atoms with Crippen LogP contribution in [0.3, 0.4) is 0 Å². The number of hydrogen-bond donors (Lipinski definition) is 2. The standard InChI is InChI=1S/C17H14Cl2F3N3O3S/c1-9-3-6-15(25-29(27,28)17(20,21)22)13(7-9)10(2)23-24-16(26)12-5-4-11(18)8-14(12)19/h3-8,25H,1-2H3,(H,24,26)/b23-10+. The normalized spacial score (nSPS) is 12.6. The second kappa shape index (κ2) is 8.60. The fourth-order valence-electron chi connectivity index (χ4n) is 2.18. The zero-order chi connectivity index (χ0) is 22.0. The molecular weight excluding hydrogens is 454 g/mol. The van der Waals surface area contributed by atoms with E-state index in [2.05, 4.69) is 10.5 Å². The molecule has 156 valence electrons. The molecule has 0 saturated carbocycles. The third kappa shape index (κ3) is 5.62. The van der Waals surface area contributed by atoms with Crippen LogP contribution in [0.1, 0.15) is 28.4 Å². The molecule has 0 aliphatic heterocycles. The number of anilines is 1. The van der Waals surface area contributed by atoms with Gasteiger partial charge in [-0.3, -0.25) is 9.52 Å². The molecule has 0 bridgehead atoms. The highest BCUT2D eigenvalue weighted by Gasteiger charge is 2.46. The highest BCUT2D eigenvalue weighted by atomic mass is 35.5. The summed E-state index contributed by atoms with van der Waals surface area (Å²) in [5, 5.41) is 4.24. The summed E-state index contributed by atoms with van der Waals surface area (Å²) in [6.45, 7) is 3.05. The Hall–Kier alpha value is -2.30. The molecule has 0 saturated heterocycles. The number of aryl methyl sites for hydroxylation is 1. The van der Waals surface area contributed by atoms with E-state index < -0.39 is 21.4 Å². The number of sulfonamides is 1. The van der Waals surface area contributed by atoms with Crippen molar-refractivity contribution < 1.29 is 26.4 Å². The first kappa shape index (κ1) is 23.0. The molecule has 2 aromatic carbocycles. The van der Waals surface area contributed by atoms with Gasteiger partial charge in [0.15, 0.2) is 0 Å². The highest BCUT2D eigenvalue weighted by molar-refractivity contribution is 7.93. The molecule has 6 nitrogen and oxygen atoms in total. The van der Waals surface area contributed by atoms with Gasteiger partial charge in [0.25, 0.3) is 5.91 Å². The molecule has 2 N–H and O–H groups in total. The summed E-state index contributed by atoms with van der Waals surface area (Å²) in [7, 11) is -5.63. The third-order valence-corrected chi connectivity index (χ3v) is 5.26. The molecule has 0 aliphatic rings. The van der Waals surface area contributed by atoms with Gasteiger partial charge in [-0.15, -0.1) is 0 Å². The number of hydrazone groups is 1. The van der Waals surface area contributed by atoms with E-state index in [1.807, 2.05) is 0 Å². The van der Waals surface area contributed by atoms with Crippen LogP contribution in [0.25, 0.3) is 0 Å². The summed E-state index contributed by atoms with van der Waals surface area (Å²) >= 11 is 11.7. The van der Waals surface area contributed by atoms with Crippen LogP contribution in [-0.2, 0) is 10.0 Å². The van der Waals surface area contributed by atoms with E-state index in [1.54, 1.807) is 6.92 Å². The maximum absolute atomic E-state index is 12.7. The number of carbonyl (C=O) groups excluding carboxylic acids is 1. The lowest BCUT2D eigenvalue weighted by molar-refractivity contribution is -0.0429. The summed E-state index contributed by atoms with van der Waals surface area (Å²) < 4.78 is 62.4. The van der Waals surface area contributed by atoms with Crippen molar-refractivity contribution in [2.75, 3.05) is 4.72 Å². The molecule has 0 unspecified atom stereocenters. The molecule has 0 spiro atoms. The predicted octanol–water partition coefficient (Wildman–Crippen LogP) is 4.72. The van der Waals surface area contributed by atoms with Gasteiger partial charge in [0.05, 0.1) is 22.0 Å². The van der Waals surface area contributed by atoms with Crippen LogP contribution in [-0.4, -0.2) is 25.5 Å². The van der Waals surface area contributed by atoms with Gasteiger partial charge in [-0.05, 0) is 44.2 Å². The maximum atomic E-state index is 12.7. The fraction of sp³-hybridized carbons (Fsp3) is 0.176. The van der Waals surface area contributed by atoms with Crippen LogP contribution in [0.5, 0.6) is 0 Å². The van der Waals surface area contributed by atoms with Gasteiger partial charge in [0.2, 0.25) is 0 Å². The Kier molecular flexibility index (Phi) is 6.82. The smallest absolute Gasteiger partial charge is 0.275 e. The number of alkyl halides is 3. The Labute approximate surface area is 174 Å². The number of halogens is 5. The van der Waals surface area contributed by atoms with Gasteiger partial charge >= 0.3 is 15.5 Å². The van der Waals surface area contributed by atoms with Crippen LogP contribution >= 0.6 is 23.2 Å². The molecule has 12 heteroatoms. The molecule has 29 heavy (non-hydrogen) atoms. The molecule has 0 fully saturated rings. The average Bonchev–Trinajstić information content (AvgIpc) is 2.59. The zero-order valence-corrected chi connectivity index (χ0v) is 17.3. The first-order valence-electron chi connectivity index (χ1n) is 7.81. The lowest BCUT2D eigenvalue weighted by Crippen LogP contribution is -2.30. The van der Waals surface area contributed by atoms with E-state index >= 15 is 0 Å². The van der Waals surface area contributed by atoms with Crippen molar-refractivity contribution in [1.29, 1.82) is 0 Å². The van der Waals surface area contributed by atoms with E-state index in [9.17, 15) is 26.4 Å². The molecule has 0 radical (unpaired) electrons. The zero-order valence-electron chi connectivity index (χ0n) is 14.9. The van der Waals surface area contributed by atoms with Crippen LogP contribution < -0.4 is 10.1 Å². The van der Waals surface area contributed by atoms with Gasteiger partial charge in [-0.25, -0.2) is 5.43 Å². The van der Waals surface area contributed by atoms with Gasteiger partial charge in [-0.2, -0.15) is 26.7 Å². The minimum absolute atomic E-state index is 0.0559. The Morgan fingerprint density at radius 2 is 1.72 bits per heavy atom. The largest absolute Gasteiger partial charge is 0.516 e. The van der Waals surface area contributed by atoms with Crippen LogP contribution in [0.2, 0.25) is 10.0 Å². The van der Waals surface area contributed by atoms with E-state index in [4.69, 9.17) is 23.2 Å². The summed E-state index contributed by atoms with van der Waals surface area (Å²) in [4.78, 5) is 12.2. The molecule has 0 aromatic heterocycles. The third-order valence-electron chi connectivity index (χ3n) is 3.61. The van der Waals surface area contributed by atoms with E-state index in [0.29, 0.717) is 10.6 Å². The van der Waals surface area contributed by atoms with Crippen molar-refractivity contribution in [3.05, 3.63) is 63.1 Å². The highest BCUT2D eigenvalue weighted by Crippen LogP contribution is 2.28. The van der Waals surface area contributed by atoms with Gasteiger partial charge in [0.1, 0.15) is 0 Å². The molecule has 1 amide bonds. The van der Waals surface area contributed by atoms with Crippen LogP contribution in [0.4, 0.5) is 18.9 Å². The van der Waals surface area contributed by atoms with E-state index in [1.165, 1.54) is 48.0 Å². The second-order valence-corrected chi connectivity index (χ2v) is 8.38. The first-order valence-corrected chi connectivity index (χ1v) is 10.1. The van der Waals surface area contributed by atoms with Gasteiger partial charge in [0, 0.05) is 10.6 Å². The molecule has 0 atom stereocenters. The van der Waals surface area contributed by atoms with Crippen molar-refractivity contribution in [2.45, 2.75) is 19.4 Å². The fourth-order valence-corrected chi connectivity index (χ4v) is 3.26. The average molecular weight is 468 g/mol. The van der Waals surface area contributed by atoms with Crippen molar-refractivity contribution >= 4 is 50.5 Å². The topological polar surface area (TPSA) is 87.6 Å². The Balaban J connectivity index is 2.33.